The molecule has 2 aromatic rings. The summed E-state index contributed by atoms with van der Waals surface area (Å²) in [6, 6.07) is 1.17. The summed E-state index contributed by atoms with van der Waals surface area (Å²) in [6.07, 6.45) is 1.20. The van der Waals surface area contributed by atoms with E-state index >= 15 is 0 Å². The Balaban J connectivity index is 2.50. The summed E-state index contributed by atoms with van der Waals surface area (Å²) in [6.45, 7) is 3.70. The van der Waals surface area contributed by atoms with Crippen molar-refractivity contribution in [1.82, 2.24) is 9.97 Å². The van der Waals surface area contributed by atoms with Gasteiger partial charge in [0.15, 0.2) is 11.6 Å². The van der Waals surface area contributed by atoms with Crippen LogP contribution in [0.4, 0.5) is 30.5 Å². The Hall–Kier alpha value is -2.35. The first kappa shape index (κ1) is 15.0. The van der Waals surface area contributed by atoms with E-state index < -0.39 is 23.1 Å². The molecule has 21 heavy (non-hydrogen) atoms. The Bertz CT molecular complexity index is 637. The number of hydrogen-bond donors (Lipinski definition) is 3. The average molecular weight is 297 g/mol. The number of rotatable bonds is 4. The van der Waals surface area contributed by atoms with Crippen molar-refractivity contribution in [3.63, 3.8) is 0 Å². The van der Waals surface area contributed by atoms with Gasteiger partial charge in [0.25, 0.3) is 0 Å². The van der Waals surface area contributed by atoms with E-state index in [0.29, 0.717) is 23.5 Å². The molecule has 0 aliphatic rings. The molecule has 1 aromatic carbocycles. The van der Waals surface area contributed by atoms with Crippen LogP contribution in [0.25, 0.3) is 0 Å². The molecule has 112 valence electrons. The molecule has 8 heteroatoms. The third-order valence-electron chi connectivity index (χ3n) is 2.85. The monoisotopic (exact) mass is 297 g/mol. The van der Waals surface area contributed by atoms with Gasteiger partial charge in [0, 0.05) is 17.7 Å². The van der Waals surface area contributed by atoms with Gasteiger partial charge >= 0.3 is 0 Å². The highest BCUT2D eigenvalue weighted by atomic mass is 19.1. The molecule has 1 heterocycles. The second kappa shape index (κ2) is 5.96. The maximum absolute atomic E-state index is 13.7. The lowest BCUT2D eigenvalue weighted by molar-refractivity contribution is 0.548. The lowest BCUT2D eigenvalue weighted by Crippen LogP contribution is -2.14. The van der Waals surface area contributed by atoms with Crippen molar-refractivity contribution in [3.8, 4) is 0 Å². The zero-order chi connectivity index (χ0) is 15.6. The van der Waals surface area contributed by atoms with Crippen molar-refractivity contribution in [2.75, 3.05) is 10.7 Å². The second-order valence-electron chi connectivity index (χ2n) is 4.65. The molecule has 2 rings (SSSR count). The fourth-order valence-corrected chi connectivity index (χ4v) is 1.94. The third kappa shape index (κ3) is 3.05. The second-order valence-corrected chi connectivity index (χ2v) is 4.65. The minimum Gasteiger partial charge on any atom is -0.335 e. The normalized spacial score (nSPS) is 10.8. The number of hydrogen-bond acceptors (Lipinski definition) is 5. The summed E-state index contributed by atoms with van der Waals surface area (Å²) in [5.74, 6) is 2.73. The SMILES string of the molecule is CC(C)c1c(NN)ncnc1Nc1c(F)cc(F)cc1F. The third-order valence-corrected chi connectivity index (χ3v) is 2.85. The van der Waals surface area contributed by atoms with Gasteiger partial charge < -0.3 is 10.7 Å². The summed E-state index contributed by atoms with van der Waals surface area (Å²) < 4.78 is 40.3. The van der Waals surface area contributed by atoms with E-state index in [1.165, 1.54) is 6.33 Å². The largest absolute Gasteiger partial charge is 0.335 e. The molecule has 0 bridgehead atoms. The van der Waals surface area contributed by atoms with E-state index in [4.69, 9.17) is 5.84 Å². The van der Waals surface area contributed by atoms with Gasteiger partial charge in [0.2, 0.25) is 0 Å². The van der Waals surface area contributed by atoms with Gasteiger partial charge in [0.05, 0.1) is 0 Å². The fourth-order valence-electron chi connectivity index (χ4n) is 1.94. The van der Waals surface area contributed by atoms with Crippen molar-refractivity contribution in [2.24, 2.45) is 5.84 Å². The molecule has 0 fully saturated rings. The van der Waals surface area contributed by atoms with Gasteiger partial charge in [-0.1, -0.05) is 13.8 Å². The first-order valence-corrected chi connectivity index (χ1v) is 6.17. The first-order valence-electron chi connectivity index (χ1n) is 6.17. The Morgan fingerprint density at radius 3 is 2.14 bits per heavy atom. The fraction of sp³-hybridized carbons (Fsp3) is 0.231. The van der Waals surface area contributed by atoms with E-state index in [1.807, 2.05) is 13.8 Å². The standard InChI is InChI=1S/C13H14F3N5/c1-6(2)10-12(18-5-19-13(10)21-17)20-11-8(15)3-7(14)4-9(11)16/h3-6H,17H2,1-2H3,(H2,18,19,20,21). The summed E-state index contributed by atoms with van der Waals surface area (Å²) in [5, 5.41) is 2.53. The molecule has 0 radical (unpaired) electrons. The number of nitrogens with two attached hydrogens (primary N) is 1. The van der Waals surface area contributed by atoms with Gasteiger partial charge in [-0.2, -0.15) is 0 Å². The van der Waals surface area contributed by atoms with Crippen LogP contribution in [0.5, 0.6) is 0 Å². The highest BCUT2D eigenvalue weighted by molar-refractivity contribution is 5.66. The molecule has 0 amide bonds. The van der Waals surface area contributed by atoms with Gasteiger partial charge in [-0.3, -0.25) is 0 Å². The molecule has 0 saturated carbocycles. The van der Waals surface area contributed by atoms with Gasteiger partial charge in [-0.15, -0.1) is 0 Å². The molecular formula is C13H14F3N5. The number of aromatic nitrogens is 2. The average Bonchev–Trinajstić information content (AvgIpc) is 2.42. The van der Waals surface area contributed by atoms with Gasteiger partial charge in [-0.25, -0.2) is 29.0 Å². The topological polar surface area (TPSA) is 75.9 Å². The van der Waals surface area contributed by atoms with Crippen molar-refractivity contribution in [3.05, 3.63) is 41.5 Å². The maximum Gasteiger partial charge on any atom is 0.152 e. The Kier molecular flexibility index (Phi) is 4.27. The van der Waals surface area contributed by atoms with Crippen molar-refractivity contribution < 1.29 is 13.2 Å². The quantitative estimate of drug-likeness (QED) is 0.597. The summed E-state index contributed by atoms with van der Waals surface area (Å²) in [7, 11) is 0. The predicted molar refractivity (Wildman–Crippen MR) is 73.5 cm³/mol. The lowest BCUT2D eigenvalue weighted by Gasteiger charge is -2.17. The van der Waals surface area contributed by atoms with E-state index in [0.717, 1.165) is 0 Å². The molecule has 0 spiro atoms. The highest BCUT2D eigenvalue weighted by Crippen LogP contribution is 2.31. The lowest BCUT2D eigenvalue weighted by atomic mass is 10.0. The van der Waals surface area contributed by atoms with Crippen LogP contribution < -0.4 is 16.6 Å². The van der Waals surface area contributed by atoms with E-state index in [2.05, 4.69) is 20.7 Å². The van der Waals surface area contributed by atoms with Crippen LogP contribution >= 0.6 is 0 Å². The molecule has 0 unspecified atom stereocenters. The minimum atomic E-state index is -1.05. The van der Waals surface area contributed by atoms with Crippen molar-refractivity contribution in [1.29, 1.82) is 0 Å². The van der Waals surface area contributed by atoms with E-state index in [9.17, 15) is 13.2 Å². The number of nitrogens with zero attached hydrogens (tertiary/aromatic N) is 2. The van der Waals surface area contributed by atoms with Crippen LogP contribution in [-0.2, 0) is 0 Å². The highest BCUT2D eigenvalue weighted by Gasteiger charge is 2.18. The molecule has 4 N–H and O–H groups in total. The molecular weight excluding hydrogens is 283 g/mol. The van der Waals surface area contributed by atoms with Crippen molar-refractivity contribution >= 4 is 17.3 Å². The zero-order valence-corrected chi connectivity index (χ0v) is 11.4. The number of anilines is 3. The Morgan fingerprint density at radius 1 is 1.05 bits per heavy atom. The molecule has 0 saturated heterocycles. The first-order chi connectivity index (χ1) is 9.93. The number of nitrogens with one attached hydrogen (secondary N) is 2. The van der Waals surface area contributed by atoms with E-state index in [1.54, 1.807) is 0 Å². The van der Waals surface area contributed by atoms with Crippen LogP contribution in [0, 0.1) is 17.5 Å². The van der Waals surface area contributed by atoms with Crippen molar-refractivity contribution in [2.45, 2.75) is 19.8 Å². The number of nitrogen functional groups attached to an aromatic ring is 1. The summed E-state index contributed by atoms with van der Waals surface area (Å²) in [5.41, 5.74) is 2.48. The summed E-state index contributed by atoms with van der Waals surface area (Å²) >= 11 is 0. The number of benzene rings is 1. The Morgan fingerprint density at radius 2 is 1.62 bits per heavy atom. The molecule has 0 atom stereocenters. The van der Waals surface area contributed by atoms with Gasteiger partial charge in [0.1, 0.15) is 29.5 Å². The van der Waals surface area contributed by atoms with Crippen LogP contribution in [0.3, 0.4) is 0 Å². The number of halogens is 3. The van der Waals surface area contributed by atoms with Crippen LogP contribution in [0.1, 0.15) is 25.3 Å². The predicted octanol–water partition coefficient (Wildman–Crippen LogP) is 3.05. The van der Waals surface area contributed by atoms with Crippen LogP contribution in [0.2, 0.25) is 0 Å². The smallest absolute Gasteiger partial charge is 0.152 e. The van der Waals surface area contributed by atoms with Crippen LogP contribution in [0.15, 0.2) is 18.5 Å². The zero-order valence-electron chi connectivity index (χ0n) is 11.4. The molecule has 1 aromatic heterocycles. The maximum atomic E-state index is 13.7. The van der Waals surface area contributed by atoms with Crippen LogP contribution in [-0.4, -0.2) is 9.97 Å². The summed E-state index contributed by atoms with van der Waals surface area (Å²) in [4.78, 5) is 7.91. The Labute approximate surface area is 119 Å². The minimum absolute atomic E-state index is 0.0636. The molecule has 5 nitrogen and oxygen atoms in total. The van der Waals surface area contributed by atoms with Gasteiger partial charge in [-0.05, 0) is 5.92 Å². The molecule has 0 aliphatic heterocycles. The molecule has 0 aliphatic carbocycles. The number of hydrazine groups is 1. The van der Waals surface area contributed by atoms with E-state index in [-0.39, 0.29) is 11.7 Å².